The molecule has 0 aromatic carbocycles. The van der Waals surface area contributed by atoms with Crippen LogP contribution in [-0.2, 0) is 16.0 Å². The summed E-state index contributed by atoms with van der Waals surface area (Å²) in [6, 6.07) is 0. The van der Waals surface area contributed by atoms with Gasteiger partial charge in [0.25, 0.3) is 5.91 Å². The monoisotopic (exact) mass is 268 g/mol. The summed E-state index contributed by atoms with van der Waals surface area (Å²) in [5.41, 5.74) is 0. The zero-order valence-corrected chi connectivity index (χ0v) is 11.6. The summed E-state index contributed by atoms with van der Waals surface area (Å²) in [5.74, 6) is -0.0243. The van der Waals surface area contributed by atoms with Crippen molar-refractivity contribution in [2.24, 2.45) is 0 Å². The van der Waals surface area contributed by atoms with Crippen molar-refractivity contribution in [1.82, 2.24) is 20.1 Å². The van der Waals surface area contributed by atoms with Crippen LogP contribution in [0.4, 0.5) is 0 Å². The van der Waals surface area contributed by atoms with Gasteiger partial charge < -0.3 is 9.64 Å². The molecule has 1 N–H and O–H groups in total. The summed E-state index contributed by atoms with van der Waals surface area (Å²) in [6.07, 6.45) is 1.66. The number of nitrogens with one attached hydrogen (secondary N) is 1. The number of carbonyl (C=O) groups excluding carboxylic acids is 2. The second-order valence-electron chi connectivity index (χ2n) is 3.98. The summed E-state index contributed by atoms with van der Waals surface area (Å²) in [5, 5.41) is 6.60. The van der Waals surface area contributed by atoms with Gasteiger partial charge in [0, 0.05) is 13.0 Å². The highest BCUT2D eigenvalue weighted by Gasteiger charge is 2.21. The molecule has 0 aliphatic heterocycles. The van der Waals surface area contributed by atoms with Crippen molar-refractivity contribution in [1.29, 1.82) is 0 Å². The molecule has 0 unspecified atom stereocenters. The first-order valence-electron chi connectivity index (χ1n) is 6.48. The molecule has 1 amide bonds. The molecule has 0 spiro atoms. The van der Waals surface area contributed by atoms with Crippen LogP contribution in [0.3, 0.4) is 0 Å². The maximum atomic E-state index is 12.1. The van der Waals surface area contributed by atoms with Gasteiger partial charge in [-0.25, -0.2) is 4.98 Å². The highest BCUT2D eigenvalue weighted by Crippen LogP contribution is 2.02. The number of hydrogen-bond acceptors (Lipinski definition) is 5. The molecule has 0 saturated heterocycles. The number of rotatable bonds is 7. The number of esters is 1. The van der Waals surface area contributed by atoms with Crippen LogP contribution in [0, 0.1) is 0 Å². The standard InChI is InChI=1S/C12H20N4O3/c1-4-7-9-13-11(15-14-9)12(18)16(5-2)8-10(17)19-6-3/h4-8H2,1-3H3,(H,13,14,15). The third-order valence-electron chi connectivity index (χ3n) is 2.50. The molecule has 0 saturated carbocycles. The first-order chi connectivity index (χ1) is 9.12. The van der Waals surface area contributed by atoms with E-state index >= 15 is 0 Å². The number of aromatic amines is 1. The number of aromatic nitrogens is 3. The molecule has 1 aromatic heterocycles. The Labute approximate surface area is 112 Å². The molecule has 0 aliphatic rings. The normalized spacial score (nSPS) is 10.3. The van der Waals surface area contributed by atoms with Gasteiger partial charge in [0.15, 0.2) is 0 Å². The summed E-state index contributed by atoms with van der Waals surface area (Å²) in [7, 11) is 0. The van der Waals surface area contributed by atoms with Gasteiger partial charge in [-0.2, -0.15) is 0 Å². The zero-order valence-electron chi connectivity index (χ0n) is 11.6. The first kappa shape index (κ1) is 15.1. The van der Waals surface area contributed by atoms with Gasteiger partial charge in [-0.05, 0) is 20.3 Å². The van der Waals surface area contributed by atoms with Crippen molar-refractivity contribution in [3.63, 3.8) is 0 Å². The molecule has 0 radical (unpaired) electrons. The SMILES string of the molecule is CCCc1nc(C(=O)N(CC)CC(=O)OCC)n[nH]1. The Morgan fingerprint density at radius 3 is 2.63 bits per heavy atom. The fraction of sp³-hybridized carbons (Fsp3) is 0.667. The molecule has 1 heterocycles. The number of ether oxygens (including phenoxy) is 1. The van der Waals surface area contributed by atoms with E-state index in [1.807, 2.05) is 6.92 Å². The Morgan fingerprint density at radius 2 is 2.05 bits per heavy atom. The topological polar surface area (TPSA) is 88.2 Å². The van der Waals surface area contributed by atoms with Crippen LogP contribution in [0.5, 0.6) is 0 Å². The quantitative estimate of drug-likeness (QED) is 0.738. The molecule has 106 valence electrons. The molecule has 0 aliphatic carbocycles. The summed E-state index contributed by atoms with van der Waals surface area (Å²) in [6.45, 7) is 6.14. The maximum Gasteiger partial charge on any atom is 0.325 e. The lowest BCUT2D eigenvalue weighted by Gasteiger charge is -2.17. The van der Waals surface area contributed by atoms with Gasteiger partial charge in [0.1, 0.15) is 12.4 Å². The van der Waals surface area contributed by atoms with Crippen molar-refractivity contribution in [3.05, 3.63) is 11.6 Å². The minimum absolute atomic E-state index is 0.0825. The number of carbonyl (C=O) groups is 2. The Balaban J connectivity index is 2.68. The van der Waals surface area contributed by atoms with E-state index in [2.05, 4.69) is 15.2 Å². The third kappa shape index (κ3) is 4.35. The lowest BCUT2D eigenvalue weighted by molar-refractivity contribution is -0.143. The molecule has 7 nitrogen and oxygen atoms in total. The van der Waals surface area contributed by atoms with Crippen molar-refractivity contribution in [3.8, 4) is 0 Å². The van der Waals surface area contributed by atoms with E-state index in [0.29, 0.717) is 19.0 Å². The fourth-order valence-electron chi connectivity index (χ4n) is 1.57. The second kappa shape index (κ2) is 7.50. The van der Waals surface area contributed by atoms with E-state index in [9.17, 15) is 9.59 Å². The van der Waals surface area contributed by atoms with Crippen molar-refractivity contribution < 1.29 is 14.3 Å². The van der Waals surface area contributed by atoms with Crippen LogP contribution in [0.1, 0.15) is 43.6 Å². The minimum Gasteiger partial charge on any atom is -0.465 e. The van der Waals surface area contributed by atoms with Crippen LogP contribution in [0.2, 0.25) is 0 Å². The average molecular weight is 268 g/mol. The van der Waals surface area contributed by atoms with Gasteiger partial charge in [0.2, 0.25) is 5.82 Å². The lowest BCUT2D eigenvalue weighted by atomic mass is 10.3. The average Bonchev–Trinajstić information content (AvgIpc) is 2.84. The summed E-state index contributed by atoms with van der Waals surface area (Å²) >= 11 is 0. The Hall–Kier alpha value is -1.92. The van der Waals surface area contributed by atoms with Crippen LogP contribution in [-0.4, -0.2) is 51.7 Å². The molecule has 0 fully saturated rings. The van der Waals surface area contributed by atoms with Gasteiger partial charge in [-0.15, -0.1) is 5.10 Å². The van der Waals surface area contributed by atoms with Crippen molar-refractivity contribution in [2.75, 3.05) is 19.7 Å². The van der Waals surface area contributed by atoms with Gasteiger partial charge in [0.05, 0.1) is 6.61 Å². The van der Waals surface area contributed by atoms with E-state index in [-0.39, 0.29) is 18.3 Å². The smallest absolute Gasteiger partial charge is 0.325 e. The Morgan fingerprint density at radius 1 is 1.32 bits per heavy atom. The van der Waals surface area contributed by atoms with E-state index in [4.69, 9.17) is 4.74 Å². The molecular formula is C12H20N4O3. The van der Waals surface area contributed by atoms with Gasteiger partial charge in [-0.1, -0.05) is 6.92 Å². The molecule has 19 heavy (non-hydrogen) atoms. The van der Waals surface area contributed by atoms with Crippen LogP contribution in [0.15, 0.2) is 0 Å². The highest BCUT2D eigenvalue weighted by atomic mass is 16.5. The number of hydrogen-bond donors (Lipinski definition) is 1. The molecular weight excluding hydrogens is 248 g/mol. The summed E-state index contributed by atoms with van der Waals surface area (Å²) in [4.78, 5) is 29.0. The third-order valence-corrected chi connectivity index (χ3v) is 2.50. The van der Waals surface area contributed by atoms with Gasteiger partial charge in [-0.3, -0.25) is 14.7 Å². The van der Waals surface area contributed by atoms with E-state index < -0.39 is 5.97 Å². The number of nitrogens with zero attached hydrogens (tertiary/aromatic N) is 3. The van der Waals surface area contributed by atoms with Crippen LogP contribution in [0.25, 0.3) is 0 Å². The lowest BCUT2D eigenvalue weighted by Crippen LogP contribution is -2.36. The number of likely N-dealkylation sites (N-methyl/N-ethyl adjacent to an activating group) is 1. The second-order valence-corrected chi connectivity index (χ2v) is 3.98. The predicted molar refractivity (Wildman–Crippen MR) is 68.6 cm³/mol. The Kier molecular flexibility index (Phi) is 5.98. The van der Waals surface area contributed by atoms with Crippen LogP contribution < -0.4 is 0 Å². The molecule has 0 atom stereocenters. The van der Waals surface area contributed by atoms with E-state index in [1.165, 1.54) is 4.90 Å². The zero-order chi connectivity index (χ0) is 14.3. The van der Waals surface area contributed by atoms with E-state index in [1.54, 1.807) is 13.8 Å². The minimum atomic E-state index is -0.429. The predicted octanol–water partition coefficient (Wildman–Crippen LogP) is 0.782. The Bertz CT molecular complexity index is 430. The maximum absolute atomic E-state index is 12.1. The largest absolute Gasteiger partial charge is 0.465 e. The highest BCUT2D eigenvalue weighted by molar-refractivity contribution is 5.92. The van der Waals surface area contributed by atoms with E-state index in [0.717, 1.165) is 12.8 Å². The number of H-pyrrole nitrogens is 1. The molecule has 0 bridgehead atoms. The first-order valence-corrected chi connectivity index (χ1v) is 6.48. The van der Waals surface area contributed by atoms with Gasteiger partial charge >= 0.3 is 5.97 Å². The fourth-order valence-corrected chi connectivity index (χ4v) is 1.57. The van der Waals surface area contributed by atoms with Crippen molar-refractivity contribution >= 4 is 11.9 Å². The van der Waals surface area contributed by atoms with Crippen molar-refractivity contribution in [2.45, 2.75) is 33.6 Å². The number of aryl methyl sites for hydroxylation is 1. The number of amides is 1. The van der Waals surface area contributed by atoms with Crippen LogP contribution >= 0.6 is 0 Å². The molecule has 7 heteroatoms. The molecule has 1 rings (SSSR count). The summed E-state index contributed by atoms with van der Waals surface area (Å²) < 4.78 is 4.82. The molecule has 1 aromatic rings.